The van der Waals surface area contributed by atoms with Crippen molar-refractivity contribution in [2.24, 2.45) is 11.1 Å². The Morgan fingerprint density at radius 2 is 2.24 bits per heavy atom. The van der Waals surface area contributed by atoms with Gasteiger partial charge in [0.25, 0.3) is 0 Å². The van der Waals surface area contributed by atoms with Crippen LogP contribution in [0.4, 0.5) is 0 Å². The second-order valence-corrected chi connectivity index (χ2v) is 7.89. The summed E-state index contributed by atoms with van der Waals surface area (Å²) in [7, 11) is 0. The Balaban J connectivity index is 0.00000161. The van der Waals surface area contributed by atoms with Crippen molar-refractivity contribution >= 4 is 35.1 Å². The van der Waals surface area contributed by atoms with Gasteiger partial charge in [-0.3, -0.25) is 4.90 Å². The monoisotopic (exact) mass is 343 g/mol. The number of aromatic nitrogens is 1. The third-order valence-corrected chi connectivity index (χ3v) is 5.72. The molecule has 2 N–H and O–H groups in total. The predicted octanol–water partition coefficient (Wildman–Crippen LogP) is 3.85. The van der Waals surface area contributed by atoms with Crippen LogP contribution in [0.15, 0.2) is 22.2 Å². The Kier molecular flexibility index (Phi) is 5.43. The van der Waals surface area contributed by atoms with E-state index in [4.69, 9.17) is 10.7 Å². The van der Waals surface area contributed by atoms with Crippen LogP contribution in [-0.4, -0.2) is 29.0 Å². The van der Waals surface area contributed by atoms with Crippen molar-refractivity contribution in [2.45, 2.75) is 32.9 Å². The molecule has 3 rings (SSSR count). The minimum absolute atomic E-state index is 0. The van der Waals surface area contributed by atoms with Crippen molar-refractivity contribution in [2.75, 3.05) is 13.1 Å². The molecule has 0 spiro atoms. The van der Waals surface area contributed by atoms with Gasteiger partial charge in [-0.2, -0.15) is 11.3 Å². The summed E-state index contributed by atoms with van der Waals surface area (Å²) in [4.78, 5) is 7.25. The lowest BCUT2D eigenvalue weighted by Gasteiger charge is -2.42. The number of hydrogen-bond donors (Lipinski definition) is 1. The van der Waals surface area contributed by atoms with Gasteiger partial charge in [-0.1, -0.05) is 13.8 Å². The summed E-state index contributed by atoms with van der Waals surface area (Å²) < 4.78 is 0. The fraction of sp³-hybridized carbons (Fsp3) is 0.533. The molecule has 116 valence electrons. The quantitative estimate of drug-likeness (QED) is 0.920. The van der Waals surface area contributed by atoms with Crippen LogP contribution in [0.3, 0.4) is 0 Å². The molecule has 1 atom stereocenters. The summed E-state index contributed by atoms with van der Waals surface area (Å²) in [5.74, 6) is 0. The van der Waals surface area contributed by atoms with Crippen molar-refractivity contribution in [3.05, 3.63) is 27.9 Å². The van der Waals surface area contributed by atoms with Crippen molar-refractivity contribution < 1.29 is 0 Å². The smallest absolute Gasteiger partial charge is 0.124 e. The molecule has 2 aromatic heterocycles. The van der Waals surface area contributed by atoms with E-state index in [1.807, 2.05) is 0 Å². The number of thiazole rings is 1. The summed E-state index contributed by atoms with van der Waals surface area (Å²) in [6.07, 6.45) is 1.08. The van der Waals surface area contributed by atoms with Crippen molar-refractivity contribution in [3.63, 3.8) is 0 Å². The number of halogens is 1. The molecule has 0 amide bonds. The first kappa shape index (κ1) is 16.9. The van der Waals surface area contributed by atoms with Gasteiger partial charge in [0.2, 0.25) is 0 Å². The molecule has 0 aromatic carbocycles. The van der Waals surface area contributed by atoms with E-state index in [1.165, 1.54) is 11.3 Å². The van der Waals surface area contributed by atoms with Gasteiger partial charge in [-0.15, -0.1) is 23.7 Å². The Morgan fingerprint density at radius 3 is 2.90 bits per heavy atom. The van der Waals surface area contributed by atoms with Crippen LogP contribution >= 0.6 is 35.1 Å². The molecule has 2 aromatic rings. The van der Waals surface area contributed by atoms with Gasteiger partial charge in [0, 0.05) is 42.0 Å². The molecule has 0 saturated carbocycles. The molecule has 1 saturated heterocycles. The van der Waals surface area contributed by atoms with Crippen molar-refractivity contribution in [1.29, 1.82) is 0 Å². The molecule has 1 aliphatic heterocycles. The van der Waals surface area contributed by atoms with Gasteiger partial charge in [-0.25, -0.2) is 4.98 Å². The fourth-order valence-corrected chi connectivity index (χ4v) is 4.27. The maximum absolute atomic E-state index is 6.20. The van der Waals surface area contributed by atoms with Crippen molar-refractivity contribution in [1.82, 2.24) is 9.88 Å². The number of hydrogen-bond acceptors (Lipinski definition) is 5. The molecule has 6 heteroatoms. The zero-order valence-corrected chi connectivity index (χ0v) is 14.9. The first-order valence-corrected chi connectivity index (χ1v) is 8.82. The number of nitrogens with two attached hydrogens (primary N) is 1. The van der Waals surface area contributed by atoms with Gasteiger partial charge in [0.1, 0.15) is 5.01 Å². The highest BCUT2D eigenvalue weighted by Gasteiger charge is 2.33. The van der Waals surface area contributed by atoms with Gasteiger partial charge in [-0.05, 0) is 23.3 Å². The van der Waals surface area contributed by atoms with Crippen LogP contribution in [0.1, 0.15) is 26.0 Å². The second-order valence-electron chi connectivity index (χ2n) is 6.25. The lowest BCUT2D eigenvalue weighted by molar-refractivity contribution is 0.0891. The minimum atomic E-state index is 0. The normalized spacial score (nSPS) is 22.0. The lowest BCUT2D eigenvalue weighted by Crippen LogP contribution is -2.52. The second kappa shape index (κ2) is 6.75. The maximum atomic E-state index is 6.20. The number of likely N-dealkylation sites (tertiary alicyclic amines) is 1. The number of nitrogens with zero attached hydrogens (tertiary/aromatic N) is 2. The van der Waals surface area contributed by atoms with Crippen LogP contribution < -0.4 is 5.73 Å². The van der Waals surface area contributed by atoms with E-state index in [9.17, 15) is 0 Å². The molecule has 3 nitrogen and oxygen atoms in total. The Morgan fingerprint density at radius 1 is 1.43 bits per heavy atom. The maximum Gasteiger partial charge on any atom is 0.124 e. The summed E-state index contributed by atoms with van der Waals surface area (Å²) >= 11 is 3.46. The Hall–Kier alpha value is -0.460. The molecule has 0 radical (unpaired) electrons. The summed E-state index contributed by atoms with van der Waals surface area (Å²) in [6.45, 7) is 7.61. The first-order valence-electron chi connectivity index (χ1n) is 6.99. The highest BCUT2D eigenvalue weighted by Crippen LogP contribution is 2.30. The molecule has 0 bridgehead atoms. The predicted molar refractivity (Wildman–Crippen MR) is 94.3 cm³/mol. The molecule has 1 fully saturated rings. The van der Waals surface area contributed by atoms with Gasteiger partial charge in [0.05, 0.1) is 5.69 Å². The van der Waals surface area contributed by atoms with Crippen LogP contribution in [0, 0.1) is 5.41 Å². The van der Waals surface area contributed by atoms with Gasteiger partial charge >= 0.3 is 0 Å². The number of rotatable bonds is 3. The molecule has 0 aliphatic carbocycles. The highest BCUT2D eigenvalue weighted by molar-refractivity contribution is 7.14. The van der Waals surface area contributed by atoms with Crippen LogP contribution in [-0.2, 0) is 6.54 Å². The zero-order chi connectivity index (χ0) is 14.2. The summed E-state index contributed by atoms with van der Waals surface area (Å²) in [5.41, 5.74) is 8.82. The number of thiophene rings is 1. The van der Waals surface area contributed by atoms with Gasteiger partial charge in [0.15, 0.2) is 0 Å². The van der Waals surface area contributed by atoms with Gasteiger partial charge < -0.3 is 5.73 Å². The summed E-state index contributed by atoms with van der Waals surface area (Å²) in [6, 6.07) is 2.45. The highest BCUT2D eigenvalue weighted by atomic mass is 35.5. The van der Waals surface area contributed by atoms with E-state index in [0.717, 1.165) is 31.1 Å². The first-order chi connectivity index (χ1) is 9.54. The SMILES string of the molecule is CC1(C)CN(Cc2csc(-c3ccsc3)n2)CCC1N.Cl. The average molecular weight is 344 g/mol. The largest absolute Gasteiger partial charge is 0.327 e. The zero-order valence-electron chi connectivity index (χ0n) is 12.4. The lowest BCUT2D eigenvalue weighted by atomic mass is 9.80. The van der Waals surface area contributed by atoms with E-state index in [-0.39, 0.29) is 17.8 Å². The van der Waals surface area contributed by atoms with E-state index < -0.39 is 0 Å². The Bertz CT molecular complexity index is 565. The van der Waals surface area contributed by atoms with Crippen molar-refractivity contribution in [3.8, 4) is 10.6 Å². The Labute approximate surface area is 140 Å². The minimum Gasteiger partial charge on any atom is -0.327 e. The average Bonchev–Trinajstić information content (AvgIpc) is 3.03. The topological polar surface area (TPSA) is 42.2 Å². The number of piperidine rings is 1. The molecular weight excluding hydrogens is 322 g/mol. The van der Waals surface area contributed by atoms with E-state index in [2.05, 4.69) is 41.0 Å². The standard InChI is InChI=1S/C15H21N3S2.ClH/c1-15(2)10-18(5-3-13(15)16)7-12-9-20-14(17-12)11-4-6-19-8-11;/h4,6,8-9,13H,3,5,7,10,16H2,1-2H3;1H. The molecular formula is C15H22ClN3S2. The van der Waals surface area contributed by atoms with Crippen LogP contribution in [0.5, 0.6) is 0 Å². The third-order valence-electron chi connectivity index (χ3n) is 4.10. The van der Waals surface area contributed by atoms with E-state index >= 15 is 0 Å². The fourth-order valence-electron chi connectivity index (χ4n) is 2.75. The molecule has 1 aliphatic rings. The molecule has 3 heterocycles. The summed E-state index contributed by atoms with van der Waals surface area (Å²) in [5, 5.41) is 7.58. The third kappa shape index (κ3) is 3.85. The van der Waals surface area contributed by atoms with Crippen LogP contribution in [0.25, 0.3) is 10.6 Å². The molecule has 21 heavy (non-hydrogen) atoms. The van der Waals surface area contributed by atoms with E-state index in [0.29, 0.717) is 6.04 Å². The van der Waals surface area contributed by atoms with E-state index in [1.54, 1.807) is 22.7 Å². The van der Waals surface area contributed by atoms with Crippen LogP contribution in [0.2, 0.25) is 0 Å². The molecule has 1 unspecified atom stereocenters.